The van der Waals surface area contributed by atoms with E-state index in [9.17, 15) is 0 Å². The minimum atomic E-state index is -0.0139. The number of hydrogen-bond donors (Lipinski definition) is 1. The van der Waals surface area contributed by atoms with Crippen molar-refractivity contribution < 1.29 is 0 Å². The maximum absolute atomic E-state index is 5.05. The van der Waals surface area contributed by atoms with Crippen molar-refractivity contribution in [2.45, 2.75) is 51.5 Å². The molecule has 0 fully saturated rings. The fraction of sp³-hybridized carbons (Fsp3) is 0.500. The number of hydrogen-bond acceptors (Lipinski definition) is 3. The number of nitrogens with one attached hydrogen (secondary N) is 1. The standard InChI is InChI=1S/C18H24N2S/c1-4-19-14-11-8-12-15-16(14)20-17(21-15)18(2,3)13-9-6-5-7-10-13/h5-7,9-10,14,19H,4,8,11-12H2,1-3H3. The van der Waals surface area contributed by atoms with E-state index >= 15 is 0 Å². The van der Waals surface area contributed by atoms with Crippen molar-refractivity contribution in [2.24, 2.45) is 0 Å². The summed E-state index contributed by atoms with van der Waals surface area (Å²) in [5, 5.41) is 4.84. The molecule has 1 aliphatic rings. The first-order valence-corrected chi connectivity index (χ1v) is 8.73. The van der Waals surface area contributed by atoms with Gasteiger partial charge in [-0.05, 0) is 45.2 Å². The van der Waals surface area contributed by atoms with Crippen molar-refractivity contribution in [2.75, 3.05) is 6.54 Å². The fourth-order valence-electron chi connectivity index (χ4n) is 3.11. The molecule has 3 rings (SSSR count). The molecule has 2 nitrogen and oxygen atoms in total. The van der Waals surface area contributed by atoms with Crippen LogP contribution in [0.4, 0.5) is 0 Å². The summed E-state index contributed by atoms with van der Waals surface area (Å²) < 4.78 is 0. The second-order valence-corrected chi connectivity index (χ2v) is 7.40. The van der Waals surface area contributed by atoms with Crippen LogP contribution in [0, 0.1) is 0 Å². The molecule has 1 heterocycles. The maximum Gasteiger partial charge on any atom is 0.103 e. The molecule has 112 valence electrons. The van der Waals surface area contributed by atoms with Crippen molar-refractivity contribution >= 4 is 11.3 Å². The molecule has 2 aromatic rings. The molecular weight excluding hydrogens is 276 g/mol. The van der Waals surface area contributed by atoms with E-state index < -0.39 is 0 Å². The first-order chi connectivity index (χ1) is 10.1. The van der Waals surface area contributed by atoms with Crippen LogP contribution in [-0.4, -0.2) is 11.5 Å². The summed E-state index contributed by atoms with van der Waals surface area (Å²) in [6.07, 6.45) is 3.69. The van der Waals surface area contributed by atoms with E-state index in [0.717, 1.165) is 6.54 Å². The molecule has 0 aliphatic heterocycles. The van der Waals surface area contributed by atoms with E-state index in [4.69, 9.17) is 4.98 Å². The van der Waals surface area contributed by atoms with Gasteiger partial charge >= 0.3 is 0 Å². The number of nitrogens with zero attached hydrogens (tertiary/aromatic N) is 1. The number of thiazole rings is 1. The second-order valence-electron chi connectivity index (χ2n) is 6.32. The third kappa shape index (κ3) is 2.77. The lowest BCUT2D eigenvalue weighted by Gasteiger charge is -2.23. The monoisotopic (exact) mass is 300 g/mol. The summed E-state index contributed by atoms with van der Waals surface area (Å²) in [6, 6.07) is 11.2. The van der Waals surface area contributed by atoms with Crippen LogP contribution in [0.2, 0.25) is 0 Å². The lowest BCUT2D eigenvalue weighted by Crippen LogP contribution is -2.25. The lowest BCUT2D eigenvalue weighted by atomic mass is 9.85. The molecule has 1 atom stereocenters. The summed E-state index contributed by atoms with van der Waals surface area (Å²) in [6.45, 7) is 7.76. The maximum atomic E-state index is 5.05. The van der Waals surface area contributed by atoms with E-state index in [0.29, 0.717) is 6.04 Å². The van der Waals surface area contributed by atoms with Gasteiger partial charge in [0.25, 0.3) is 0 Å². The summed E-state index contributed by atoms with van der Waals surface area (Å²) >= 11 is 1.92. The number of fused-ring (bicyclic) bond motifs is 1. The van der Waals surface area contributed by atoms with Crippen LogP contribution in [0.5, 0.6) is 0 Å². The third-order valence-electron chi connectivity index (χ3n) is 4.43. The SMILES string of the molecule is CCNC1CCCc2sc(C(C)(C)c3ccccc3)nc21. The second kappa shape index (κ2) is 5.90. The molecule has 1 aromatic heterocycles. The van der Waals surface area contributed by atoms with E-state index in [2.05, 4.69) is 56.4 Å². The van der Waals surface area contributed by atoms with Gasteiger partial charge in [0.15, 0.2) is 0 Å². The zero-order valence-corrected chi connectivity index (χ0v) is 14.0. The number of rotatable bonds is 4. The van der Waals surface area contributed by atoms with Crippen LogP contribution in [-0.2, 0) is 11.8 Å². The molecule has 0 radical (unpaired) electrons. The molecule has 3 heteroatoms. The van der Waals surface area contributed by atoms with E-state index in [1.54, 1.807) is 0 Å². The highest BCUT2D eigenvalue weighted by Crippen LogP contribution is 2.40. The van der Waals surface area contributed by atoms with Crippen molar-refractivity contribution in [3.8, 4) is 0 Å². The highest BCUT2D eigenvalue weighted by molar-refractivity contribution is 7.12. The number of benzene rings is 1. The van der Waals surface area contributed by atoms with Gasteiger partial charge in [0.05, 0.1) is 11.7 Å². The van der Waals surface area contributed by atoms with Gasteiger partial charge in [0.2, 0.25) is 0 Å². The Hall–Kier alpha value is -1.19. The third-order valence-corrected chi connectivity index (χ3v) is 5.89. The highest BCUT2D eigenvalue weighted by atomic mass is 32.1. The zero-order chi connectivity index (χ0) is 14.9. The fourth-order valence-corrected chi connectivity index (χ4v) is 4.40. The zero-order valence-electron chi connectivity index (χ0n) is 13.1. The van der Waals surface area contributed by atoms with Crippen LogP contribution in [0.25, 0.3) is 0 Å². The molecule has 0 saturated heterocycles. The van der Waals surface area contributed by atoms with Crippen molar-refractivity contribution in [3.05, 3.63) is 51.5 Å². The molecular formula is C18H24N2S. The average Bonchev–Trinajstić information content (AvgIpc) is 2.94. The van der Waals surface area contributed by atoms with Crippen LogP contribution in [0.3, 0.4) is 0 Å². The van der Waals surface area contributed by atoms with Crippen molar-refractivity contribution in [1.82, 2.24) is 10.3 Å². The summed E-state index contributed by atoms with van der Waals surface area (Å²) in [5.74, 6) is 0. The Bertz CT molecular complexity index is 601. The summed E-state index contributed by atoms with van der Waals surface area (Å²) in [7, 11) is 0. The van der Waals surface area contributed by atoms with Crippen LogP contribution in [0.1, 0.15) is 60.8 Å². The van der Waals surface area contributed by atoms with Gasteiger partial charge < -0.3 is 5.32 Å². The van der Waals surface area contributed by atoms with Gasteiger partial charge in [-0.25, -0.2) is 4.98 Å². The Morgan fingerprint density at radius 3 is 2.76 bits per heavy atom. The Morgan fingerprint density at radius 1 is 1.29 bits per heavy atom. The Labute approximate surface area is 131 Å². The molecule has 0 saturated carbocycles. The van der Waals surface area contributed by atoms with Crippen molar-refractivity contribution in [3.63, 3.8) is 0 Å². The van der Waals surface area contributed by atoms with E-state index in [1.165, 1.54) is 40.4 Å². The molecule has 1 aliphatic carbocycles. The molecule has 0 bridgehead atoms. The largest absolute Gasteiger partial charge is 0.309 e. The quantitative estimate of drug-likeness (QED) is 0.902. The van der Waals surface area contributed by atoms with Crippen LogP contribution >= 0.6 is 11.3 Å². The first kappa shape index (κ1) is 14.7. The molecule has 0 amide bonds. The topological polar surface area (TPSA) is 24.9 Å². The number of aromatic nitrogens is 1. The van der Waals surface area contributed by atoms with Crippen molar-refractivity contribution in [1.29, 1.82) is 0 Å². The smallest absolute Gasteiger partial charge is 0.103 e. The van der Waals surface area contributed by atoms with E-state index in [1.807, 2.05) is 11.3 Å². The number of aryl methyl sites for hydroxylation is 1. The Morgan fingerprint density at radius 2 is 2.05 bits per heavy atom. The van der Waals surface area contributed by atoms with Gasteiger partial charge in [-0.1, -0.05) is 37.3 Å². The van der Waals surface area contributed by atoms with Gasteiger partial charge in [-0.2, -0.15) is 0 Å². The molecule has 1 N–H and O–H groups in total. The summed E-state index contributed by atoms with van der Waals surface area (Å²) in [5.41, 5.74) is 2.64. The minimum absolute atomic E-state index is 0.0139. The van der Waals surface area contributed by atoms with Crippen LogP contribution in [0.15, 0.2) is 30.3 Å². The van der Waals surface area contributed by atoms with Gasteiger partial charge in [0, 0.05) is 10.3 Å². The molecule has 1 unspecified atom stereocenters. The van der Waals surface area contributed by atoms with Gasteiger partial charge in [-0.3, -0.25) is 0 Å². The predicted molar refractivity (Wildman–Crippen MR) is 90.0 cm³/mol. The lowest BCUT2D eigenvalue weighted by molar-refractivity contribution is 0.463. The Kier molecular flexibility index (Phi) is 4.14. The van der Waals surface area contributed by atoms with E-state index in [-0.39, 0.29) is 5.41 Å². The molecule has 1 aromatic carbocycles. The first-order valence-electron chi connectivity index (χ1n) is 7.92. The highest BCUT2D eigenvalue weighted by Gasteiger charge is 2.31. The Balaban J connectivity index is 1.97. The average molecular weight is 300 g/mol. The summed E-state index contributed by atoms with van der Waals surface area (Å²) in [4.78, 5) is 6.55. The molecule has 0 spiro atoms. The van der Waals surface area contributed by atoms with Crippen LogP contribution < -0.4 is 5.32 Å². The minimum Gasteiger partial charge on any atom is -0.309 e. The normalized spacial score (nSPS) is 18.5. The predicted octanol–water partition coefficient (Wildman–Crippen LogP) is 4.46. The molecule has 21 heavy (non-hydrogen) atoms. The van der Waals surface area contributed by atoms with Gasteiger partial charge in [-0.15, -0.1) is 11.3 Å². The van der Waals surface area contributed by atoms with Gasteiger partial charge in [0.1, 0.15) is 5.01 Å².